The molecule has 7 nitrogen and oxygen atoms in total. The predicted molar refractivity (Wildman–Crippen MR) is 61.5 cm³/mol. The molecular weight excluding hydrogens is 238 g/mol. The van der Waals surface area contributed by atoms with Crippen LogP contribution in [0, 0.1) is 5.92 Å². The van der Waals surface area contributed by atoms with E-state index in [2.05, 4.69) is 20.3 Å². The van der Waals surface area contributed by atoms with Crippen LogP contribution in [-0.2, 0) is 9.59 Å². The first kappa shape index (κ1) is 12.6. The average Bonchev–Trinajstić information content (AvgIpc) is 3.07. The molecule has 98 valence electrons. The molecule has 1 saturated carbocycles. The van der Waals surface area contributed by atoms with Crippen molar-refractivity contribution < 1.29 is 19.2 Å². The molecule has 7 heteroatoms. The number of rotatable bonds is 4. The van der Waals surface area contributed by atoms with Crippen molar-refractivity contribution in [3.8, 4) is 0 Å². The summed E-state index contributed by atoms with van der Waals surface area (Å²) >= 11 is 0. The van der Waals surface area contributed by atoms with Crippen LogP contribution in [0.3, 0.4) is 0 Å². The lowest BCUT2D eigenvalue weighted by Crippen LogP contribution is -2.45. The highest BCUT2D eigenvalue weighted by Gasteiger charge is 2.40. The third-order valence-corrected chi connectivity index (χ3v) is 2.95. The van der Waals surface area contributed by atoms with Crippen LogP contribution in [0.4, 0.5) is 5.82 Å². The van der Waals surface area contributed by atoms with Gasteiger partial charge in [-0.2, -0.15) is 0 Å². The van der Waals surface area contributed by atoms with Crippen molar-refractivity contribution in [2.24, 2.45) is 5.92 Å². The Morgan fingerprint density at radius 2 is 2.28 bits per heavy atom. The maximum atomic E-state index is 11.5. The second-order valence-electron chi connectivity index (χ2n) is 4.65. The highest BCUT2D eigenvalue weighted by molar-refractivity contribution is 6.39. The Morgan fingerprint density at radius 1 is 1.56 bits per heavy atom. The summed E-state index contributed by atoms with van der Waals surface area (Å²) < 4.78 is 4.51. The molecule has 0 radical (unpaired) electrons. The second kappa shape index (κ2) is 4.77. The van der Waals surface area contributed by atoms with Gasteiger partial charge in [-0.15, -0.1) is 0 Å². The number of carbonyl (C=O) groups excluding carboxylic acids is 2. The summed E-state index contributed by atoms with van der Waals surface area (Å²) in [5, 5.41) is 18.1. The van der Waals surface area contributed by atoms with Crippen molar-refractivity contribution in [3.63, 3.8) is 0 Å². The number of hydrogen-bond donors (Lipinski definition) is 3. The SMILES string of the molecule is C[C@](O)(CNC(=O)C(=O)Nc1ccon1)C1CC1. The molecule has 0 bridgehead atoms. The molecule has 1 atom stereocenters. The van der Waals surface area contributed by atoms with Gasteiger partial charge in [0, 0.05) is 12.6 Å². The zero-order valence-electron chi connectivity index (χ0n) is 9.97. The summed E-state index contributed by atoms with van der Waals surface area (Å²) in [6.07, 6.45) is 3.19. The predicted octanol–water partition coefficient (Wildman–Crippen LogP) is -0.110. The fourth-order valence-electron chi connectivity index (χ4n) is 1.64. The molecular formula is C11H15N3O4. The summed E-state index contributed by atoms with van der Waals surface area (Å²) in [7, 11) is 0. The van der Waals surface area contributed by atoms with Crippen molar-refractivity contribution >= 4 is 17.6 Å². The minimum absolute atomic E-state index is 0.0583. The number of aliphatic hydroxyl groups is 1. The fourth-order valence-corrected chi connectivity index (χ4v) is 1.64. The summed E-state index contributed by atoms with van der Waals surface area (Å²) in [5.41, 5.74) is -0.955. The summed E-state index contributed by atoms with van der Waals surface area (Å²) in [6.45, 7) is 1.71. The van der Waals surface area contributed by atoms with E-state index in [4.69, 9.17) is 0 Å². The number of nitrogens with one attached hydrogen (secondary N) is 2. The minimum atomic E-state index is -0.955. The molecule has 2 amide bonds. The largest absolute Gasteiger partial charge is 0.388 e. The van der Waals surface area contributed by atoms with E-state index in [0.717, 1.165) is 12.8 Å². The summed E-state index contributed by atoms with van der Waals surface area (Å²) in [4.78, 5) is 22.9. The van der Waals surface area contributed by atoms with Crippen LogP contribution in [0.25, 0.3) is 0 Å². The molecule has 1 aromatic heterocycles. The molecule has 0 spiro atoms. The summed E-state index contributed by atoms with van der Waals surface area (Å²) in [5.74, 6) is -1.27. The van der Waals surface area contributed by atoms with Crippen LogP contribution < -0.4 is 10.6 Å². The van der Waals surface area contributed by atoms with Gasteiger partial charge >= 0.3 is 11.8 Å². The fraction of sp³-hybridized carbons (Fsp3) is 0.545. The quantitative estimate of drug-likeness (QED) is 0.649. The smallest absolute Gasteiger partial charge is 0.314 e. The monoisotopic (exact) mass is 253 g/mol. The zero-order valence-corrected chi connectivity index (χ0v) is 9.97. The molecule has 0 aromatic carbocycles. The van der Waals surface area contributed by atoms with Crippen LogP contribution in [0.2, 0.25) is 0 Å². The molecule has 1 fully saturated rings. The van der Waals surface area contributed by atoms with Crippen LogP contribution in [-0.4, -0.2) is 34.2 Å². The van der Waals surface area contributed by atoms with Crippen molar-refractivity contribution in [1.82, 2.24) is 10.5 Å². The lowest BCUT2D eigenvalue weighted by atomic mass is 10.0. The van der Waals surface area contributed by atoms with Crippen molar-refractivity contribution in [1.29, 1.82) is 0 Å². The van der Waals surface area contributed by atoms with Gasteiger partial charge in [-0.05, 0) is 25.7 Å². The highest BCUT2D eigenvalue weighted by atomic mass is 16.5. The Hall–Kier alpha value is -1.89. The Balaban J connectivity index is 1.79. The Bertz CT molecular complexity index is 437. The first-order chi connectivity index (χ1) is 8.49. The van der Waals surface area contributed by atoms with Gasteiger partial charge in [-0.25, -0.2) is 0 Å². The van der Waals surface area contributed by atoms with Gasteiger partial charge in [-0.1, -0.05) is 5.16 Å². The van der Waals surface area contributed by atoms with Crippen LogP contribution in [0.1, 0.15) is 19.8 Å². The van der Waals surface area contributed by atoms with E-state index in [1.54, 1.807) is 6.92 Å². The van der Waals surface area contributed by atoms with Crippen LogP contribution >= 0.6 is 0 Å². The molecule has 0 unspecified atom stereocenters. The highest BCUT2D eigenvalue weighted by Crippen LogP contribution is 2.38. The maximum absolute atomic E-state index is 11.5. The van der Waals surface area contributed by atoms with E-state index in [0.29, 0.717) is 0 Å². The number of aromatic nitrogens is 1. The van der Waals surface area contributed by atoms with Gasteiger partial charge < -0.3 is 14.9 Å². The minimum Gasteiger partial charge on any atom is -0.388 e. The topological polar surface area (TPSA) is 104 Å². The molecule has 2 rings (SSSR count). The van der Waals surface area contributed by atoms with Gasteiger partial charge in [0.15, 0.2) is 5.82 Å². The number of carbonyl (C=O) groups is 2. The van der Waals surface area contributed by atoms with Crippen molar-refractivity contribution in [2.45, 2.75) is 25.4 Å². The Labute approximate surface area is 104 Å². The lowest BCUT2D eigenvalue weighted by Gasteiger charge is -2.22. The van der Waals surface area contributed by atoms with Gasteiger partial charge in [0.1, 0.15) is 6.26 Å². The van der Waals surface area contributed by atoms with E-state index in [-0.39, 0.29) is 18.3 Å². The molecule has 1 aromatic rings. The zero-order chi connectivity index (χ0) is 13.2. The van der Waals surface area contributed by atoms with E-state index >= 15 is 0 Å². The first-order valence-electron chi connectivity index (χ1n) is 5.71. The Kier molecular flexibility index (Phi) is 3.33. The normalized spacial score (nSPS) is 17.9. The molecule has 0 aliphatic heterocycles. The van der Waals surface area contributed by atoms with Gasteiger partial charge in [0.05, 0.1) is 5.60 Å². The number of amides is 2. The second-order valence-corrected chi connectivity index (χ2v) is 4.65. The van der Waals surface area contributed by atoms with Gasteiger partial charge in [-0.3, -0.25) is 14.9 Å². The molecule has 18 heavy (non-hydrogen) atoms. The van der Waals surface area contributed by atoms with E-state index in [9.17, 15) is 14.7 Å². The standard InChI is InChI=1S/C11H15N3O4/c1-11(17,7-2-3-7)6-12-9(15)10(16)13-8-4-5-18-14-8/h4-5,7,17H,2-3,6H2,1H3,(H,12,15)(H,13,14,16)/t11-/m0/s1. The maximum Gasteiger partial charge on any atom is 0.314 e. The summed E-state index contributed by atoms with van der Waals surface area (Å²) in [6, 6.07) is 1.42. The Morgan fingerprint density at radius 3 is 2.83 bits per heavy atom. The van der Waals surface area contributed by atoms with E-state index in [1.807, 2.05) is 0 Å². The number of hydrogen-bond acceptors (Lipinski definition) is 5. The van der Waals surface area contributed by atoms with Gasteiger partial charge in [0.2, 0.25) is 0 Å². The molecule has 0 saturated heterocycles. The number of anilines is 1. The first-order valence-corrected chi connectivity index (χ1v) is 5.71. The molecule has 1 heterocycles. The van der Waals surface area contributed by atoms with Gasteiger partial charge in [0.25, 0.3) is 0 Å². The van der Waals surface area contributed by atoms with Crippen molar-refractivity contribution in [2.75, 3.05) is 11.9 Å². The molecule has 1 aliphatic rings. The van der Waals surface area contributed by atoms with E-state index in [1.165, 1.54) is 12.3 Å². The third-order valence-electron chi connectivity index (χ3n) is 2.95. The molecule has 1 aliphatic carbocycles. The molecule has 3 N–H and O–H groups in total. The third kappa shape index (κ3) is 3.07. The number of nitrogens with zero attached hydrogens (tertiary/aromatic N) is 1. The average molecular weight is 253 g/mol. The van der Waals surface area contributed by atoms with E-state index < -0.39 is 17.4 Å². The van der Waals surface area contributed by atoms with Crippen LogP contribution in [0.5, 0.6) is 0 Å². The van der Waals surface area contributed by atoms with Crippen molar-refractivity contribution in [3.05, 3.63) is 12.3 Å². The lowest BCUT2D eigenvalue weighted by molar-refractivity contribution is -0.136. The van der Waals surface area contributed by atoms with Crippen LogP contribution in [0.15, 0.2) is 16.9 Å².